The average Bonchev–Trinajstić information content (AvgIpc) is 3.65. The van der Waals surface area contributed by atoms with Crippen LogP contribution in [-0.2, 0) is 38.1 Å². The van der Waals surface area contributed by atoms with Crippen molar-refractivity contribution >= 4 is 17.9 Å². The van der Waals surface area contributed by atoms with Gasteiger partial charge >= 0.3 is 17.9 Å². The van der Waals surface area contributed by atoms with Crippen LogP contribution in [0.15, 0.2) is 0 Å². The summed E-state index contributed by atoms with van der Waals surface area (Å²) in [5.41, 5.74) is -0.458. The summed E-state index contributed by atoms with van der Waals surface area (Å²) in [6.07, 6.45) is 3.94. The van der Waals surface area contributed by atoms with E-state index in [1.807, 2.05) is 4.90 Å². The first kappa shape index (κ1) is 22.5. The van der Waals surface area contributed by atoms with Crippen LogP contribution in [0.2, 0.25) is 0 Å². The molecule has 7 rings (SSSR count). The van der Waals surface area contributed by atoms with Gasteiger partial charge in [-0.25, -0.2) is 0 Å². The van der Waals surface area contributed by atoms with Crippen molar-refractivity contribution in [1.29, 1.82) is 0 Å². The van der Waals surface area contributed by atoms with E-state index in [4.69, 9.17) is 23.7 Å². The van der Waals surface area contributed by atoms with Gasteiger partial charge in [0.05, 0.1) is 19.8 Å². The Morgan fingerprint density at radius 3 is 2.46 bits per heavy atom. The Labute approximate surface area is 205 Å². The number of fused-ring (bicyclic) bond motifs is 6. The molecule has 0 N–H and O–H groups in total. The molecule has 0 aromatic rings. The summed E-state index contributed by atoms with van der Waals surface area (Å²) >= 11 is 0. The number of nitrogens with zero attached hydrogens (tertiary/aromatic N) is 1. The summed E-state index contributed by atoms with van der Waals surface area (Å²) < 4.78 is 29.1. The molecular formula is C26H35NO8. The van der Waals surface area contributed by atoms with E-state index < -0.39 is 53.8 Å². The topological polar surface area (TPSA) is 101 Å². The van der Waals surface area contributed by atoms with Gasteiger partial charge in [0.15, 0.2) is 12.2 Å². The van der Waals surface area contributed by atoms with Crippen LogP contribution in [0.3, 0.4) is 0 Å². The first-order chi connectivity index (χ1) is 17.0. The largest absolute Gasteiger partial charge is 0.459 e. The van der Waals surface area contributed by atoms with Crippen molar-refractivity contribution in [3.63, 3.8) is 0 Å². The minimum absolute atomic E-state index is 0.139. The predicted molar refractivity (Wildman–Crippen MR) is 119 cm³/mol. The number of hydrogen-bond acceptors (Lipinski definition) is 9. The third-order valence-electron chi connectivity index (χ3n) is 10.4. The Bertz CT molecular complexity index is 899. The maximum atomic E-state index is 13.7. The fourth-order valence-electron chi connectivity index (χ4n) is 8.70. The van der Waals surface area contributed by atoms with Gasteiger partial charge in [0.25, 0.3) is 0 Å². The molecule has 7 aliphatic rings. The summed E-state index contributed by atoms with van der Waals surface area (Å²) in [5, 5.41) is 0. The van der Waals surface area contributed by atoms with E-state index in [0.717, 1.165) is 31.1 Å². The van der Waals surface area contributed by atoms with Gasteiger partial charge in [0.2, 0.25) is 0 Å². The van der Waals surface area contributed by atoms with Gasteiger partial charge < -0.3 is 23.7 Å². The second kappa shape index (κ2) is 8.15. The second-order valence-corrected chi connectivity index (χ2v) is 11.9. The highest BCUT2D eigenvalue weighted by Gasteiger charge is 2.72. The van der Waals surface area contributed by atoms with Crippen molar-refractivity contribution in [2.45, 2.75) is 75.5 Å². The minimum Gasteiger partial charge on any atom is -0.459 e. The Morgan fingerprint density at radius 2 is 1.77 bits per heavy atom. The van der Waals surface area contributed by atoms with E-state index >= 15 is 0 Å². The van der Waals surface area contributed by atoms with Gasteiger partial charge in [0, 0.05) is 13.1 Å². The Morgan fingerprint density at radius 1 is 1.06 bits per heavy atom. The highest BCUT2D eigenvalue weighted by molar-refractivity contribution is 5.87. The second-order valence-electron chi connectivity index (χ2n) is 11.9. The van der Waals surface area contributed by atoms with Gasteiger partial charge in [-0.1, -0.05) is 6.92 Å². The van der Waals surface area contributed by atoms with Crippen LogP contribution in [0.4, 0.5) is 0 Å². The van der Waals surface area contributed by atoms with Crippen molar-refractivity contribution < 1.29 is 38.1 Å². The lowest BCUT2D eigenvalue weighted by Gasteiger charge is -2.34. The van der Waals surface area contributed by atoms with Crippen molar-refractivity contribution in [2.24, 2.45) is 35.5 Å². The number of carbonyl (C=O) groups is 3. The first-order valence-electron chi connectivity index (χ1n) is 13.5. The summed E-state index contributed by atoms with van der Waals surface area (Å²) in [5.74, 6) is 0.202. The molecule has 7 fully saturated rings. The van der Waals surface area contributed by atoms with Gasteiger partial charge in [-0.2, -0.15) is 0 Å². The molecule has 4 aliphatic heterocycles. The number of ether oxygens (including phenoxy) is 5. The molecule has 3 saturated carbocycles. The first-order valence-corrected chi connectivity index (χ1v) is 13.5. The van der Waals surface area contributed by atoms with Gasteiger partial charge in [-0.3, -0.25) is 19.3 Å². The van der Waals surface area contributed by atoms with Gasteiger partial charge in [-0.05, 0) is 62.2 Å². The number of morpholine rings is 1. The molecule has 35 heavy (non-hydrogen) atoms. The van der Waals surface area contributed by atoms with Crippen LogP contribution in [0.1, 0.15) is 45.4 Å². The molecule has 4 bridgehead atoms. The zero-order valence-corrected chi connectivity index (χ0v) is 20.3. The summed E-state index contributed by atoms with van der Waals surface area (Å²) in [4.78, 5) is 41.1. The van der Waals surface area contributed by atoms with E-state index in [2.05, 4.69) is 6.92 Å². The van der Waals surface area contributed by atoms with E-state index in [9.17, 15) is 14.4 Å². The molecule has 0 amide bonds. The quantitative estimate of drug-likeness (QED) is 0.404. The zero-order chi connectivity index (χ0) is 23.9. The van der Waals surface area contributed by atoms with Crippen LogP contribution >= 0.6 is 0 Å². The number of hydrogen-bond donors (Lipinski definition) is 0. The number of esters is 3. The molecule has 10 atom stereocenters. The van der Waals surface area contributed by atoms with Crippen LogP contribution in [-0.4, -0.2) is 85.7 Å². The maximum Gasteiger partial charge on any atom is 0.320 e. The molecule has 9 nitrogen and oxygen atoms in total. The third kappa shape index (κ3) is 3.40. The Kier molecular flexibility index (Phi) is 5.23. The SMILES string of the molecule is CCC1(OC(=O)C2C3OC4C(OC(=O)C42)C3OC(=O)CN2CCOCC2)CC2C3CCC(C3)C2C1. The number of carbonyl (C=O) groups excluding carboxylic acids is 3. The normalized spacial score (nSPS) is 49.3. The van der Waals surface area contributed by atoms with Crippen molar-refractivity contribution in [3.05, 3.63) is 0 Å². The summed E-state index contributed by atoms with van der Waals surface area (Å²) in [6.45, 7) is 4.75. The van der Waals surface area contributed by atoms with Gasteiger partial charge in [-0.15, -0.1) is 0 Å². The predicted octanol–water partition coefficient (Wildman–Crippen LogP) is 1.32. The fraction of sp³-hybridized carbons (Fsp3) is 0.885. The smallest absolute Gasteiger partial charge is 0.320 e. The van der Waals surface area contributed by atoms with Crippen LogP contribution in [0.5, 0.6) is 0 Å². The van der Waals surface area contributed by atoms with Gasteiger partial charge in [0.1, 0.15) is 29.6 Å². The molecule has 0 aromatic carbocycles. The standard InChI is InChI=1S/C26H35NO8/c1-2-26(10-15-13-3-4-14(9-13)16(15)11-26)35-25(30)19-18-20-23(34-24(18)29)22(21(19)33-20)32-17(28)12-27-5-7-31-8-6-27/h13-16,18-23H,2-12H2,1H3. The van der Waals surface area contributed by atoms with E-state index in [1.165, 1.54) is 19.3 Å². The molecule has 0 aromatic heterocycles. The van der Waals surface area contributed by atoms with Crippen molar-refractivity contribution in [2.75, 3.05) is 32.8 Å². The lowest BCUT2D eigenvalue weighted by molar-refractivity contribution is -0.174. The third-order valence-corrected chi connectivity index (χ3v) is 10.4. The van der Waals surface area contributed by atoms with Crippen LogP contribution in [0, 0.1) is 35.5 Å². The molecule has 9 heteroatoms. The number of rotatable bonds is 6. The lowest BCUT2D eigenvalue weighted by atomic mass is 9.78. The van der Waals surface area contributed by atoms with E-state index in [0.29, 0.717) is 38.1 Å². The van der Waals surface area contributed by atoms with E-state index in [-0.39, 0.29) is 12.5 Å². The summed E-state index contributed by atoms with van der Waals surface area (Å²) in [6, 6.07) is 0. The fourth-order valence-corrected chi connectivity index (χ4v) is 8.70. The maximum absolute atomic E-state index is 13.7. The zero-order valence-electron chi connectivity index (χ0n) is 20.3. The molecule has 10 unspecified atom stereocenters. The van der Waals surface area contributed by atoms with Crippen LogP contribution in [0.25, 0.3) is 0 Å². The average molecular weight is 490 g/mol. The van der Waals surface area contributed by atoms with E-state index in [1.54, 1.807) is 0 Å². The highest BCUT2D eigenvalue weighted by atomic mass is 16.7. The molecule has 4 heterocycles. The molecular weight excluding hydrogens is 454 g/mol. The molecule has 192 valence electrons. The van der Waals surface area contributed by atoms with Crippen LogP contribution < -0.4 is 0 Å². The molecule has 3 aliphatic carbocycles. The minimum atomic E-state index is -0.784. The molecule has 0 spiro atoms. The summed E-state index contributed by atoms with van der Waals surface area (Å²) in [7, 11) is 0. The lowest BCUT2D eigenvalue weighted by Crippen LogP contribution is -2.50. The highest BCUT2D eigenvalue weighted by Crippen LogP contribution is 2.62. The molecule has 0 radical (unpaired) electrons. The Hall–Kier alpha value is -1.71. The monoisotopic (exact) mass is 489 g/mol. The van der Waals surface area contributed by atoms with Crippen molar-refractivity contribution in [1.82, 2.24) is 4.90 Å². The Balaban J connectivity index is 1.06. The van der Waals surface area contributed by atoms with Crippen molar-refractivity contribution in [3.8, 4) is 0 Å². The molecule has 4 saturated heterocycles.